The van der Waals surface area contributed by atoms with Crippen LogP contribution in [0.5, 0.6) is 0 Å². The third kappa shape index (κ3) is 3.30. The van der Waals surface area contributed by atoms with Crippen molar-refractivity contribution >= 4 is 15.7 Å². The molecule has 0 saturated carbocycles. The van der Waals surface area contributed by atoms with Crippen molar-refractivity contribution in [1.82, 2.24) is 10.2 Å². The first kappa shape index (κ1) is 16.2. The maximum atomic E-state index is 12.6. The predicted molar refractivity (Wildman–Crippen MR) is 91.2 cm³/mol. The van der Waals surface area contributed by atoms with Gasteiger partial charge in [0.15, 0.2) is 0 Å². The Hall–Kier alpha value is -2.67. The molecule has 2 aromatic carbocycles. The van der Waals surface area contributed by atoms with Crippen LogP contribution in [-0.2, 0) is 10.0 Å². The molecule has 1 heterocycles. The third-order valence-electron chi connectivity index (χ3n) is 3.51. The SMILES string of the molecule is Cc1ccc(S(=O)(=O)Nc2cccc(-c3nnc(C)o3)c2)c(C)c1. The highest BCUT2D eigenvalue weighted by atomic mass is 32.2. The van der Waals surface area contributed by atoms with Crippen LogP contribution in [0.15, 0.2) is 51.8 Å². The molecule has 0 atom stereocenters. The lowest BCUT2D eigenvalue weighted by Crippen LogP contribution is -2.14. The zero-order valence-corrected chi connectivity index (χ0v) is 14.4. The van der Waals surface area contributed by atoms with Gasteiger partial charge in [0.05, 0.1) is 4.90 Å². The first-order valence-corrected chi connectivity index (χ1v) is 8.84. The average Bonchev–Trinajstić information content (AvgIpc) is 2.93. The van der Waals surface area contributed by atoms with E-state index in [2.05, 4.69) is 14.9 Å². The van der Waals surface area contributed by atoms with Crippen molar-refractivity contribution in [3.8, 4) is 11.5 Å². The van der Waals surface area contributed by atoms with Gasteiger partial charge in [-0.05, 0) is 43.7 Å². The summed E-state index contributed by atoms with van der Waals surface area (Å²) < 4.78 is 33.2. The summed E-state index contributed by atoms with van der Waals surface area (Å²) in [6, 6.07) is 12.1. The van der Waals surface area contributed by atoms with Gasteiger partial charge in [-0.15, -0.1) is 10.2 Å². The van der Waals surface area contributed by atoms with Gasteiger partial charge in [0, 0.05) is 18.2 Å². The lowest BCUT2D eigenvalue weighted by molar-refractivity contribution is 0.533. The van der Waals surface area contributed by atoms with Crippen molar-refractivity contribution in [2.75, 3.05) is 4.72 Å². The van der Waals surface area contributed by atoms with Gasteiger partial charge in [0.2, 0.25) is 11.8 Å². The second-order valence-electron chi connectivity index (χ2n) is 5.58. The highest BCUT2D eigenvalue weighted by Crippen LogP contribution is 2.24. The van der Waals surface area contributed by atoms with E-state index in [1.54, 1.807) is 50.2 Å². The number of hydrogen-bond donors (Lipinski definition) is 1. The lowest BCUT2D eigenvalue weighted by Gasteiger charge is -2.11. The molecule has 0 aliphatic carbocycles. The molecule has 6 nitrogen and oxygen atoms in total. The summed E-state index contributed by atoms with van der Waals surface area (Å²) >= 11 is 0. The maximum Gasteiger partial charge on any atom is 0.262 e. The topological polar surface area (TPSA) is 85.1 Å². The van der Waals surface area contributed by atoms with Crippen LogP contribution in [0.25, 0.3) is 11.5 Å². The first-order valence-electron chi connectivity index (χ1n) is 7.36. The molecule has 3 aromatic rings. The van der Waals surface area contributed by atoms with Crippen molar-refractivity contribution in [3.05, 3.63) is 59.5 Å². The molecule has 1 aromatic heterocycles. The summed E-state index contributed by atoms with van der Waals surface area (Å²) in [5, 5.41) is 7.72. The number of sulfonamides is 1. The van der Waals surface area contributed by atoms with E-state index in [9.17, 15) is 8.42 Å². The number of anilines is 1. The minimum absolute atomic E-state index is 0.257. The van der Waals surface area contributed by atoms with Gasteiger partial charge < -0.3 is 4.42 Å². The van der Waals surface area contributed by atoms with Crippen LogP contribution < -0.4 is 4.72 Å². The molecule has 7 heteroatoms. The van der Waals surface area contributed by atoms with E-state index >= 15 is 0 Å². The fourth-order valence-corrected chi connectivity index (χ4v) is 3.72. The van der Waals surface area contributed by atoms with Crippen LogP contribution in [0.4, 0.5) is 5.69 Å². The molecular weight excluding hydrogens is 326 g/mol. The molecule has 0 spiro atoms. The highest BCUT2D eigenvalue weighted by molar-refractivity contribution is 7.92. The van der Waals surface area contributed by atoms with E-state index in [1.807, 2.05) is 13.0 Å². The molecule has 0 unspecified atom stereocenters. The normalized spacial score (nSPS) is 11.5. The molecule has 3 rings (SSSR count). The van der Waals surface area contributed by atoms with Crippen LogP contribution in [0, 0.1) is 20.8 Å². The molecule has 0 aliphatic heterocycles. The number of nitrogens with zero attached hydrogens (tertiary/aromatic N) is 2. The van der Waals surface area contributed by atoms with E-state index < -0.39 is 10.0 Å². The van der Waals surface area contributed by atoms with Gasteiger partial charge in [0.1, 0.15) is 0 Å². The third-order valence-corrected chi connectivity index (χ3v) is 5.05. The summed E-state index contributed by atoms with van der Waals surface area (Å²) in [6.45, 7) is 5.40. The van der Waals surface area contributed by atoms with E-state index in [-0.39, 0.29) is 4.90 Å². The molecule has 24 heavy (non-hydrogen) atoms. The molecule has 124 valence electrons. The van der Waals surface area contributed by atoms with Crippen molar-refractivity contribution in [2.24, 2.45) is 0 Å². The Kier molecular flexibility index (Phi) is 4.11. The summed E-state index contributed by atoms with van der Waals surface area (Å²) in [4.78, 5) is 0.257. The Morgan fingerprint density at radius 3 is 2.46 bits per heavy atom. The number of benzene rings is 2. The van der Waals surface area contributed by atoms with Gasteiger partial charge in [-0.25, -0.2) is 8.42 Å². The van der Waals surface area contributed by atoms with Gasteiger partial charge in [-0.1, -0.05) is 23.8 Å². The van der Waals surface area contributed by atoms with Crippen molar-refractivity contribution in [2.45, 2.75) is 25.7 Å². The zero-order chi connectivity index (χ0) is 17.3. The maximum absolute atomic E-state index is 12.6. The Balaban J connectivity index is 1.93. The Bertz CT molecular complexity index is 994. The standard InChI is InChI=1S/C17H17N3O3S/c1-11-7-8-16(12(2)9-11)24(21,22)20-15-6-4-5-14(10-15)17-19-18-13(3)23-17/h4-10,20H,1-3H3. The zero-order valence-electron chi connectivity index (χ0n) is 13.6. The van der Waals surface area contributed by atoms with Gasteiger partial charge in [0.25, 0.3) is 10.0 Å². The fourth-order valence-electron chi connectivity index (χ4n) is 2.44. The number of aryl methyl sites for hydroxylation is 3. The molecule has 0 fully saturated rings. The second kappa shape index (κ2) is 6.09. The Morgan fingerprint density at radius 2 is 1.79 bits per heavy atom. The first-order chi connectivity index (χ1) is 11.3. The molecule has 0 bridgehead atoms. The number of rotatable bonds is 4. The van der Waals surface area contributed by atoms with Crippen LogP contribution >= 0.6 is 0 Å². The monoisotopic (exact) mass is 343 g/mol. The second-order valence-corrected chi connectivity index (χ2v) is 7.23. The van der Waals surface area contributed by atoms with E-state index in [4.69, 9.17) is 4.42 Å². The molecular formula is C17H17N3O3S. The largest absolute Gasteiger partial charge is 0.421 e. The quantitative estimate of drug-likeness (QED) is 0.784. The van der Waals surface area contributed by atoms with Gasteiger partial charge >= 0.3 is 0 Å². The van der Waals surface area contributed by atoms with Crippen molar-refractivity contribution < 1.29 is 12.8 Å². The van der Waals surface area contributed by atoms with E-state index in [0.717, 1.165) is 5.56 Å². The van der Waals surface area contributed by atoms with Gasteiger partial charge in [-0.2, -0.15) is 0 Å². The fraction of sp³-hybridized carbons (Fsp3) is 0.176. The van der Waals surface area contributed by atoms with Crippen LogP contribution in [-0.4, -0.2) is 18.6 Å². The molecule has 0 radical (unpaired) electrons. The molecule has 0 amide bonds. The van der Waals surface area contributed by atoms with E-state index in [1.165, 1.54) is 0 Å². The number of nitrogens with one attached hydrogen (secondary N) is 1. The van der Waals surface area contributed by atoms with Gasteiger partial charge in [-0.3, -0.25) is 4.72 Å². The minimum Gasteiger partial charge on any atom is -0.421 e. The number of aromatic nitrogens is 2. The summed E-state index contributed by atoms with van der Waals surface area (Å²) in [5.41, 5.74) is 2.80. The lowest BCUT2D eigenvalue weighted by atomic mass is 10.2. The molecule has 1 N–H and O–H groups in total. The predicted octanol–water partition coefficient (Wildman–Crippen LogP) is 3.46. The summed E-state index contributed by atoms with van der Waals surface area (Å²) in [5.74, 6) is 0.798. The number of hydrogen-bond acceptors (Lipinski definition) is 5. The van der Waals surface area contributed by atoms with Crippen LogP contribution in [0.3, 0.4) is 0 Å². The van der Waals surface area contributed by atoms with Crippen LogP contribution in [0.1, 0.15) is 17.0 Å². The highest BCUT2D eigenvalue weighted by Gasteiger charge is 2.17. The smallest absolute Gasteiger partial charge is 0.262 e. The Labute approximate surface area is 140 Å². The summed E-state index contributed by atoms with van der Waals surface area (Å²) in [6.07, 6.45) is 0. The minimum atomic E-state index is -3.67. The van der Waals surface area contributed by atoms with Crippen molar-refractivity contribution in [3.63, 3.8) is 0 Å². The van der Waals surface area contributed by atoms with E-state index in [0.29, 0.717) is 28.6 Å². The van der Waals surface area contributed by atoms with Crippen molar-refractivity contribution in [1.29, 1.82) is 0 Å². The molecule has 0 aliphatic rings. The summed E-state index contributed by atoms with van der Waals surface area (Å²) in [7, 11) is -3.67. The molecule has 0 saturated heterocycles. The average molecular weight is 343 g/mol. The van der Waals surface area contributed by atoms with Crippen LogP contribution in [0.2, 0.25) is 0 Å². The Morgan fingerprint density at radius 1 is 1.00 bits per heavy atom.